The zero-order valence-corrected chi connectivity index (χ0v) is 16.0. The smallest absolute Gasteiger partial charge is 0.182 e. The van der Waals surface area contributed by atoms with Crippen LogP contribution in [-0.2, 0) is 0 Å². The summed E-state index contributed by atoms with van der Waals surface area (Å²) in [6.07, 6.45) is 0. The number of Topliss-reactive ketones (excluding diaryl/α,β-unsaturated/α-hetero) is 1. The van der Waals surface area contributed by atoms with E-state index in [-0.39, 0.29) is 11.2 Å². The van der Waals surface area contributed by atoms with Gasteiger partial charge in [0.2, 0.25) is 0 Å². The summed E-state index contributed by atoms with van der Waals surface area (Å²) >= 11 is 0. The van der Waals surface area contributed by atoms with Crippen LogP contribution in [0.2, 0.25) is 0 Å². The first-order valence-electron chi connectivity index (χ1n) is 9.12. The number of ketones is 1. The van der Waals surface area contributed by atoms with E-state index in [1.165, 1.54) is 6.07 Å². The highest BCUT2D eigenvalue weighted by Gasteiger charge is 2.18. The number of para-hydroxylation sites is 1. The zero-order chi connectivity index (χ0) is 19.6. The molecule has 2 aromatic carbocycles. The molecule has 0 bridgehead atoms. The molecule has 3 nitrogen and oxygen atoms in total. The van der Waals surface area contributed by atoms with Gasteiger partial charge in [0.15, 0.2) is 11.2 Å². The van der Waals surface area contributed by atoms with Crippen LogP contribution < -0.4 is 5.43 Å². The molecule has 1 aliphatic carbocycles. The van der Waals surface area contributed by atoms with E-state index in [4.69, 9.17) is 4.42 Å². The van der Waals surface area contributed by atoms with E-state index in [1.807, 2.05) is 63.2 Å². The van der Waals surface area contributed by atoms with Crippen LogP contribution in [0.15, 0.2) is 69.9 Å². The number of benzene rings is 3. The van der Waals surface area contributed by atoms with E-state index in [0.717, 1.165) is 33.2 Å². The predicted molar refractivity (Wildman–Crippen MR) is 111 cm³/mol. The SMILES string of the molecule is CC.CC(=O)c1ccc(-c2c3ccc(=O)cc-3oc3ccccc23)c(C)c1. The first-order valence-corrected chi connectivity index (χ1v) is 9.12. The summed E-state index contributed by atoms with van der Waals surface area (Å²) in [4.78, 5) is 23.4. The Balaban J connectivity index is 0.00000102. The predicted octanol–water partition coefficient (Wildman–Crippen LogP) is 6.10. The molecule has 0 spiro atoms. The van der Waals surface area contributed by atoms with Gasteiger partial charge in [0.1, 0.15) is 11.3 Å². The number of carbonyl (C=O) groups is 1. The van der Waals surface area contributed by atoms with E-state index < -0.39 is 0 Å². The van der Waals surface area contributed by atoms with Gasteiger partial charge in [0, 0.05) is 28.1 Å². The number of hydrogen-bond acceptors (Lipinski definition) is 3. The molecule has 4 rings (SSSR count). The lowest BCUT2D eigenvalue weighted by molar-refractivity contribution is 0.101. The second-order valence-corrected chi connectivity index (χ2v) is 6.22. The maximum atomic E-state index is 11.8. The molecule has 0 saturated heterocycles. The minimum absolute atomic E-state index is 0.0448. The molecule has 0 radical (unpaired) electrons. The van der Waals surface area contributed by atoms with Crippen molar-refractivity contribution in [2.24, 2.45) is 0 Å². The van der Waals surface area contributed by atoms with Gasteiger partial charge in [-0.3, -0.25) is 9.59 Å². The minimum atomic E-state index is -0.0823. The third-order valence-corrected chi connectivity index (χ3v) is 4.50. The summed E-state index contributed by atoms with van der Waals surface area (Å²) in [6, 6.07) is 18.4. The van der Waals surface area contributed by atoms with Crippen molar-refractivity contribution in [3.8, 4) is 22.5 Å². The topological polar surface area (TPSA) is 47.3 Å². The summed E-state index contributed by atoms with van der Waals surface area (Å²) in [7, 11) is 0. The highest BCUT2D eigenvalue weighted by Crippen LogP contribution is 2.40. The molecular formula is C24H22O3. The Labute approximate surface area is 158 Å². The first kappa shape index (κ1) is 18.6. The van der Waals surface area contributed by atoms with Gasteiger partial charge in [0.05, 0.1) is 0 Å². The first-order chi connectivity index (χ1) is 13.0. The van der Waals surface area contributed by atoms with Crippen LogP contribution in [0, 0.1) is 6.92 Å². The summed E-state index contributed by atoms with van der Waals surface area (Å²) in [5.41, 5.74) is 5.28. The summed E-state index contributed by atoms with van der Waals surface area (Å²) < 4.78 is 5.94. The van der Waals surface area contributed by atoms with Crippen molar-refractivity contribution < 1.29 is 9.21 Å². The van der Waals surface area contributed by atoms with Gasteiger partial charge >= 0.3 is 0 Å². The molecule has 1 heterocycles. The highest BCUT2D eigenvalue weighted by molar-refractivity contribution is 6.03. The van der Waals surface area contributed by atoms with Gasteiger partial charge in [-0.15, -0.1) is 0 Å². The summed E-state index contributed by atoms with van der Waals surface area (Å²) in [6.45, 7) is 7.56. The normalized spacial score (nSPS) is 10.5. The molecule has 1 aliphatic heterocycles. The average Bonchev–Trinajstić information content (AvgIpc) is 2.67. The Morgan fingerprint density at radius 1 is 0.889 bits per heavy atom. The molecule has 27 heavy (non-hydrogen) atoms. The second kappa shape index (κ2) is 7.58. The van der Waals surface area contributed by atoms with E-state index in [1.54, 1.807) is 19.1 Å². The van der Waals surface area contributed by atoms with Crippen LogP contribution >= 0.6 is 0 Å². The van der Waals surface area contributed by atoms with E-state index in [2.05, 4.69) is 0 Å². The van der Waals surface area contributed by atoms with Crippen molar-refractivity contribution in [3.05, 3.63) is 82.0 Å². The summed E-state index contributed by atoms with van der Waals surface area (Å²) in [5.74, 6) is 0.611. The van der Waals surface area contributed by atoms with Crippen LogP contribution in [0.5, 0.6) is 0 Å². The van der Waals surface area contributed by atoms with Crippen molar-refractivity contribution in [2.45, 2.75) is 27.7 Å². The number of fused-ring (bicyclic) bond motifs is 2. The van der Waals surface area contributed by atoms with Gasteiger partial charge < -0.3 is 4.42 Å². The fraction of sp³-hybridized carbons (Fsp3) is 0.167. The van der Waals surface area contributed by atoms with Crippen molar-refractivity contribution in [3.63, 3.8) is 0 Å². The molecule has 136 valence electrons. The lowest BCUT2D eigenvalue weighted by atomic mass is 9.90. The minimum Gasteiger partial charge on any atom is -0.456 e. The van der Waals surface area contributed by atoms with Crippen molar-refractivity contribution in [1.29, 1.82) is 0 Å². The molecule has 0 fully saturated rings. The van der Waals surface area contributed by atoms with E-state index >= 15 is 0 Å². The molecule has 3 heteroatoms. The molecular weight excluding hydrogens is 336 g/mol. The number of hydrogen-bond donors (Lipinski definition) is 0. The molecule has 2 aliphatic rings. The molecule has 0 saturated carbocycles. The number of aryl methyl sites for hydroxylation is 1. The Hall–Kier alpha value is -3.20. The van der Waals surface area contributed by atoms with E-state index in [0.29, 0.717) is 11.3 Å². The largest absolute Gasteiger partial charge is 0.456 e. The second-order valence-electron chi connectivity index (χ2n) is 6.22. The number of carbonyl (C=O) groups excluding carboxylic acids is 1. The van der Waals surface area contributed by atoms with Crippen LogP contribution in [0.25, 0.3) is 33.4 Å². The Morgan fingerprint density at radius 2 is 1.59 bits per heavy atom. The highest BCUT2D eigenvalue weighted by atomic mass is 16.3. The van der Waals surface area contributed by atoms with Gasteiger partial charge in [-0.2, -0.15) is 0 Å². The quantitative estimate of drug-likeness (QED) is 0.321. The van der Waals surface area contributed by atoms with Gasteiger partial charge in [-0.05, 0) is 49.2 Å². The third kappa shape index (κ3) is 3.41. The molecule has 0 amide bonds. The molecule has 2 aromatic rings. The maximum absolute atomic E-state index is 11.8. The lowest BCUT2D eigenvalue weighted by Crippen LogP contribution is -2.00. The fourth-order valence-corrected chi connectivity index (χ4v) is 3.27. The van der Waals surface area contributed by atoms with E-state index in [9.17, 15) is 9.59 Å². The van der Waals surface area contributed by atoms with Crippen molar-refractivity contribution in [2.75, 3.05) is 0 Å². The summed E-state index contributed by atoms with van der Waals surface area (Å²) in [5, 5.41) is 0.979. The number of rotatable bonds is 2. The van der Waals surface area contributed by atoms with Crippen LogP contribution in [0.4, 0.5) is 0 Å². The zero-order valence-electron chi connectivity index (χ0n) is 16.0. The monoisotopic (exact) mass is 358 g/mol. The molecule has 0 atom stereocenters. The van der Waals surface area contributed by atoms with Gasteiger partial charge in [-0.25, -0.2) is 0 Å². The van der Waals surface area contributed by atoms with Crippen LogP contribution in [0.3, 0.4) is 0 Å². The standard InChI is InChI=1S/C22H16O3.C2H6/c1-13-11-15(14(2)23)7-9-17(13)22-18-5-3-4-6-20(18)25-21-12-16(24)8-10-19(21)22;1-2/h3-12H,1-2H3;1-2H3. The van der Waals surface area contributed by atoms with Gasteiger partial charge in [0.25, 0.3) is 0 Å². The molecule has 0 aromatic heterocycles. The van der Waals surface area contributed by atoms with Crippen LogP contribution in [-0.4, -0.2) is 5.78 Å². The average molecular weight is 358 g/mol. The Bertz CT molecular complexity index is 1150. The lowest BCUT2D eigenvalue weighted by Gasteiger charge is -2.16. The van der Waals surface area contributed by atoms with Gasteiger partial charge in [-0.1, -0.05) is 44.2 Å². The third-order valence-electron chi connectivity index (χ3n) is 4.50. The maximum Gasteiger partial charge on any atom is 0.182 e. The Morgan fingerprint density at radius 3 is 2.30 bits per heavy atom. The fourth-order valence-electron chi connectivity index (χ4n) is 3.27. The van der Waals surface area contributed by atoms with Crippen LogP contribution in [0.1, 0.15) is 36.7 Å². The Kier molecular flexibility index (Phi) is 5.22. The molecule has 0 N–H and O–H groups in total. The van der Waals surface area contributed by atoms with Crippen molar-refractivity contribution >= 4 is 16.8 Å². The molecule has 0 unspecified atom stereocenters. The van der Waals surface area contributed by atoms with Crippen molar-refractivity contribution in [1.82, 2.24) is 0 Å².